The highest BCUT2D eigenvalue weighted by Crippen LogP contribution is 2.25. The first-order valence-electron chi connectivity index (χ1n) is 5.91. The van der Waals surface area contributed by atoms with Crippen LogP contribution in [0.15, 0.2) is 33.7 Å². The highest BCUT2D eigenvalue weighted by molar-refractivity contribution is 7.98. The third-order valence-electron chi connectivity index (χ3n) is 2.53. The van der Waals surface area contributed by atoms with Crippen LogP contribution < -0.4 is 0 Å². The average Bonchev–Trinajstić information content (AvgIpc) is 2.84. The van der Waals surface area contributed by atoms with Crippen LogP contribution in [0.5, 0.6) is 0 Å². The van der Waals surface area contributed by atoms with Crippen molar-refractivity contribution in [2.45, 2.75) is 37.0 Å². The standard InChI is InChI=1S/C13H16N2O2S/c1-3-12-14-13(17-15-12)8-18-11-6-4-5-10(7-11)9(2)16/h4-7,9,16H,3,8H2,1-2H3. The molecule has 1 N–H and O–H groups in total. The summed E-state index contributed by atoms with van der Waals surface area (Å²) in [4.78, 5) is 5.34. The van der Waals surface area contributed by atoms with Gasteiger partial charge in [0.2, 0.25) is 5.89 Å². The van der Waals surface area contributed by atoms with Gasteiger partial charge in [-0.25, -0.2) is 0 Å². The Hall–Kier alpha value is -1.33. The minimum Gasteiger partial charge on any atom is -0.389 e. The molecule has 0 saturated heterocycles. The van der Waals surface area contributed by atoms with Gasteiger partial charge in [0.25, 0.3) is 0 Å². The molecule has 5 heteroatoms. The van der Waals surface area contributed by atoms with Crippen LogP contribution in [0, 0.1) is 0 Å². The Morgan fingerprint density at radius 3 is 2.94 bits per heavy atom. The monoisotopic (exact) mass is 264 g/mol. The summed E-state index contributed by atoms with van der Waals surface area (Å²) in [5.41, 5.74) is 0.916. The fraction of sp³-hybridized carbons (Fsp3) is 0.385. The van der Waals surface area contributed by atoms with Gasteiger partial charge in [0.15, 0.2) is 5.82 Å². The number of benzene rings is 1. The van der Waals surface area contributed by atoms with Crippen molar-refractivity contribution in [3.8, 4) is 0 Å². The van der Waals surface area contributed by atoms with Crippen molar-refractivity contribution in [1.29, 1.82) is 0 Å². The van der Waals surface area contributed by atoms with Crippen LogP contribution in [-0.2, 0) is 12.2 Å². The summed E-state index contributed by atoms with van der Waals surface area (Å²) >= 11 is 1.62. The summed E-state index contributed by atoms with van der Waals surface area (Å²) in [6.45, 7) is 3.75. The zero-order valence-corrected chi connectivity index (χ0v) is 11.3. The van der Waals surface area contributed by atoms with E-state index in [4.69, 9.17) is 4.52 Å². The molecule has 1 atom stereocenters. The lowest BCUT2D eigenvalue weighted by molar-refractivity contribution is 0.199. The molecule has 4 nitrogen and oxygen atoms in total. The molecule has 0 saturated carbocycles. The number of hydrogen-bond acceptors (Lipinski definition) is 5. The molecule has 1 heterocycles. The molecule has 0 radical (unpaired) electrons. The Morgan fingerprint density at radius 1 is 1.44 bits per heavy atom. The third kappa shape index (κ3) is 3.34. The van der Waals surface area contributed by atoms with Crippen LogP contribution in [0.4, 0.5) is 0 Å². The van der Waals surface area contributed by atoms with Gasteiger partial charge < -0.3 is 9.63 Å². The second-order valence-corrected chi connectivity index (χ2v) is 5.04. The first-order chi connectivity index (χ1) is 8.69. The Balaban J connectivity index is 1.99. The summed E-state index contributed by atoms with van der Waals surface area (Å²) in [7, 11) is 0. The molecule has 0 fully saturated rings. The van der Waals surface area contributed by atoms with Gasteiger partial charge in [-0.3, -0.25) is 0 Å². The molecule has 1 aromatic heterocycles. The van der Waals surface area contributed by atoms with Gasteiger partial charge in [-0.05, 0) is 24.6 Å². The minimum atomic E-state index is -0.444. The lowest BCUT2D eigenvalue weighted by atomic mass is 10.1. The van der Waals surface area contributed by atoms with Crippen molar-refractivity contribution in [3.05, 3.63) is 41.5 Å². The van der Waals surface area contributed by atoms with E-state index in [1.165, 1.54) is 0 Å². The SMILES string of the molecule is CCc1noc(CSc2cccc(C(C)O)c2)n1. The molecule has 0 bridgehead atoms. The quantitative estimate of drug-likeness (QED) is 0.841. The second-order valence-electron chi connectivity index (χ2n) is 4.00. The van der Waals surface area contributed by atoms with E-state index in [1.54, 1.807) is 18.7 Å². The number of nitrogens with zero attached hydrogens (tertiary/aromatic N) is 2. The molecule has 0 amide bonds. The van der Waals surface area contributed by atoms with Gasteiger partial charge in [0.05, 0.1) is 11.9 Å². The zero-order valence-electron chi connectivity index (χ0n) is 10.5. The first-order valence-corrected chi connectivity index (χ1v) is 6.90. The van der Waals surface area contributed by atoms with E-state index in [-0.39, 0.29) is 0 Å². The predicted octanol–water partition coefficient (Wildman–Crippen LogP) is 2.98. The van der Waals surface area contributed by atoms with Crippen LogP contribution >= 0.6 is 11.8 Å². The Morgan fingerprint density at radius 2 is 2.28 bits per heavy atom. The number of rotatable bonds is 5. The van der Waals surface area contributed by atoms with E-state index < -0.39 is 6.10 Å². The molecular weight excluding hydrogens is 248 g/mol. The zero-order chi connectivity index (χ0) is 13.0. The van der Waals surface area contributed by atoms with Crippen LogP contribution in [-0.4, -0.2) is 15.2 Å². The molecule has 2 aromatic rings. The fourth-order valence-electron chi connectivity index (χ4n) is 1.50. The van der Waals surface area contributed by atoms with E-state index in [2.05, 4.69) is 10.1 Å². The van der Waals surface area contributed by atoms with E-state index in [1.807, 2.05) is 31.2 Å². The molecule has 18 heavy (non-hydrogen) atoms. The highest BCUT2D eigenvalue weighted by Gasteiger charge is 2.06. The number of hydrogen-bond donors (Lipinski definition) is 1. The summed E-state index contributed by atoms with van der Waals surface area (Å²) in [5, 5.41) is 13.4. The summed E-state index contributed by atoms with van der Waals surface area (Å²) in [5.74, 6) is 2.03. The lowest BCUT2D eigenvalue weighted by Crippen LogP contribution is -1.90. The fourth-order valence-corrected chi connectivity index (χ4v) is 2.30. The summed E-state index contributed by atoms with van der Waals surface area (Å²) in [6.07, 6.45) is 0.340. The largest absolute Gasteiger partial charge is 0.389 e. The van der Waals surface area contributed by atoms with Crippen LogP contribution in [0.3, 0.4) is 0 Å². The Bertz CT molecular complexity index is 511. The summed E-state index contributed by atoms with van der Waals surface area (Å²) in [6, 6.07) is 7.84. The van der Waals surface area contributed by atoms with Crippen LogP contribution in [0.1, 0.15) is 37.2 Å². The first kappa shape index (κ1) is 13.1. The van der Waals surface area contributed by atoms with E-state index in [9.17, 15) is 5.11 Å². The third-order valence-corrected chi connectivity index (χ3v) is 3.51. The predicted molar refractivity (Wildman–Crippen MR) is 70.3 cm³/mol. The normalized spacial score (nSPS) is 12.6. The van der Waals surface area contributed by atoms with E-state index >= 15 is 0 Å². The minimum absolute atomic E-state index is 0.444. The molecule has 0 spiro atoms. The van der Waals surface area contributed by atoms with E-state index in [0.29, 0.717) is 11.6 Å². The van der Waals surface area contributed by atoms with Crippen molar-refractivity contribution >= 4 is 11.8 Å². The van der Waals surface area contributed by atoms with Gasteiger partial charge in [0.1, 0.15) is 0 Å². The second kappa shape index (κ2) is 6.02. The maximum absolute atomic E-state index is 9.52. The maximum Gasteiger partial charge on any atom is 0.237 e. The number of thioether (sulfide) groups is 1. The Labute approximate surface area is 110 Å². The van der Waals surface area contributed by atoms with Gasteiger partial charge in [0, 0.05) is 11.3 Å². The Kier molecular flexibility index (Phi) is 4.38. The number of aryl methyl sites for hydroxylation is 1. The van der Waals surface area contributed by atoms with Crippen molar-refractivity contribution in [2.75, 3.05) is 0 Å². The van der Waals surface area contributed by atoms with E-state index in [0.717, 1.165) is 22.7 Å². The van der Waals surface area contributed by atoms with Gasteiger partial charge in [-0.1, -0.05) is 24.2 Å². The lowest BCUT2D eigenvalue weighted by Gasteiger charge is -2.06. The highest BCUT2D eigenvalue weighted by atomic mass is 32.2. The van der Waals surface area contributed by atoms with Crippen molar-refractivity contribution in [3.63, 3.8) is 0 Å². The topological polar surface area (TPSA) is 59.2 Å². The smallest absolute Gasteiger partial charge is 0.237 e. The van der Waals surface area contributed by atoms with Gasteiger partial charge >= 0.3 is 0 Å². The molecule has 1 aromatic carbocycles. The maximum atomic E-state index is 9.52. The van der Waals surface area contributed by atoms with Crippen LogP contribution in [0.25, 0.3) is 0 Å². The number of aromatic nitrogens is 2. The van der Waals surface area contributed by atoms with Crippen LogP contribution in [0.2, 0.25) is 0 Å². The van der Waals surface area contributed by atoms with Crippen molar-refractivity contribution < 1.29 is 9.63 Å². The molecule has 2 rings (SSSR count). The summed E-state index contributed by atoms with van der Waals surface area (Å²) < 4.78 is 5.12. The van der Waals surface area contributed by atoms with Crippen molar-refractivity contribution in [2.24, 2.45) is 0 Å². The van der Waals surface area contributed by atoms with Crippen molar-refractivity contribution in [1.82, 2.24) is 10.1 Å². The molecule has 96 valence electrons. The number of aliphatic hydroxyl groups is 1. The number of aliphatic hydroxyl groups excluding tert-OH is 1. The molecule has 0 aliphatic rings. The molecular formula is C13H16N2O2S. The molecule has 1 unspecified atom stereocenters. The molecule has 0 aliphatic heterocycles. The van der Waals surface area contributed by atoms with Gasteiger partial charge in [-0.2, -0.15) is 4.98 Å². The molecule has 0 aliphatic carbocycles. The average molecular weight is 264 g/mol. The van der Waals surface area contributed by atoms with Gasteiger partial charge in [-0.15, -0.1) is 11.8 Å².